The van der Waals surface area contributed by atoms with E-state index in [0.29, 0.717) is 36.5 Å². The van der Waals surface area contributed by atoms with Crippen LogP contribution in [0.4, 0.5) is 5.69 Å². The molecule has 1 saturated heterocycles. The summed E-state index contributed by atoms with van der Waals surface area (Å²) < 4.78 is 0. The van der Waals surface area contributed by atoms with Crippen molar-refractivity contribution < 1.29 is 9.59 Å². The SMILES string of the molecule is Cc1ccc(C(C)C(=O)N2CCC3(CC2)NC(=O)c2cc(Cl)ccc2N3)cc1. The lowest BCUT2D eigenvalue weighted by Crippen LogP contribution is -2.63. The molecule has 28 heavy (non-hydrogen) atoms. The summed E-state index contributed by atoms with van der Waals surface area (Å²) in [6.07, 6.45) is 1.32. The first-order valence-corrected chi connectivity index (χ1v) is 10.0. The minimum Gasteiger partial charge on any atom is -0.362 e. The molecule has 5 nitrogen and oxygen atoms in total. The number of nitrogens with one attached hydrogen (secondary N) is 2. The van der Waals surface area contributed by atoms with Crippen molar-refractivity contribution in [2.75, 3.05) is 18.4 Å². The van der Waals surface area contributed by atoms with Gasteiger partial charge in [0.05, 0.1) is 11.5 Å². The highest BCUT2D eigenvalue weighted by molar-refractivity contribution is 6.31. The standard InChI is InChI=1S/C22H24ClN3O2/c1-14-3-5-16(6-4-14)15(2)21(28)26-11-9-22(10-12-26)24-19-8-7-17(23)13-18(19)20(27)25-22/h3-8,13,15,24H,9-12H2,1-2H3,(H,25,27). The molecule has 1 spiro atoms. The van der Waals surface area contributed by atoms with Crippen LogP contribution in [-0.2, 0) is 4.79 Å². The maximum atomic E-state index is 13.0. The van der Waals surface area contributed by atoms with Crippen LogP contribution in [0.15, 0.2) is 42.5 Å². The number of hydrogen-bond donors (Lipinski definition) is 2. The number of likely N-dealkylation sites (tertiary alicyclic amines) is 1. The van der Waals surface area contributed by atoms with Crippen LogP contribution in [-0.4, -0.2) is 35.5 Å². The van der Waals surface area contributed by atoms with E-state index in [1.54, 1.807) is 12.1 Å². The average molecular weight is 398 g/mol. The Bertz CT molecular complexity index is 918. The topological polar surface area (TPSA) is 61.4 Å². The van der Waals surface area contributed by atoms with Crippen molar-refractivity contribution in [1.29, 1.82) is 0 Å². The second-order valence-electron chi connectivity index (χ2n) is 7.81. The third-order valence-corrected chi connectivity index (χ3v) is 6.06. The summed E-state index contributed by atoms with van der Waals surface area (Å²) in [5, 5.41) is 7.10. The zero-order chi connectivity index (χ0) is 19.9. The van der Waals surface area contributed by atoms with Gasteiger partial charge in [0, 0.05) is 36.6 Å². The number of anilines is 1. The normalized spacial score (nSPS) is 18.8. The summed E-state index contributed by atoms with van der Waals surface area (Å²) in [6, 6.07) is 13.4. The molecule has 4 rings (SSSR count). The van der Waals surface area contributed by atoms with Crippen LogP contribution in [0, 0.1) is 6.92 Å². The Hall–Kier alpha value is -2.53. The van der Waals surface area contributed by atoms with Gasteiger partial charge in [0.2, 0.25) is 5.91 Å². The number of rotatable bonds is 2. The van der Waals surface area contributed by atoms with E-state index in [2.05, 4.69) is 10.6 Å². The molecule has 2 aliphatic rings. The Morgan fingerprint density at radius 2 is 1.79 bits per heavy atom. The summed E-state index contributed by atoms with van der Waals surface area (Å²) >= 11 is 6.01. The quantitative estimate of drug-likeness (QED) is 0.807. The molecule has 2 amide bonds. The third kappa shape index (κ3) is 3.47. The lowest BCUT2D eigenvalue weighted by Gasteiger charge is -2.46. The van der Waals surface area contributed by atoms with E-state index in [1.807, 2.05) is 49.1 Å². The predicted octanol–water partition coefficient (Wildman–Crippen LogP) is 3.93. The van der Waals surface area contributed by atoms with Gasteiger partial charge in [-0.15, -0.1) is 0 Å². The van der Waals surface area contributed by atoms with Crippen molar-refractivity contribution in [3.8, 4) is 0 Å². The van der Waals surface area contributed by atoms with Crippen LogP contribution < -0.4 is 10.6 Å². The van der Waals surface area contributed by atoms with Crippen LogP contribution in [0.1, 0.15) is 47.2 Å². The van der Waals surface area contributed by atoms with E-state index in [9.17, 15) is 9.59 Å². The summed E-state index contributed by atoms with van der Waals surface area (Å²) in [7, 11) is 0. The zero-order valence-corrected chi connectivity index (χ0v) is 16.8. The highest BCUT2D eigenvalue weighted by atomic mass is 35.5. The van der Waals surface area contributed by atoms with Crippen LogP contribution in [0.5, 0.6) is 0 Å². The molecule has 146 valence electrons. The van der Waals surface area contributed by atoms with E-state index in [0.717, 1.165) is 11.3 Å². The number of amides is 2. The van der Waals surface area contributed by atoms with Gasteiger partial charge in [0.1, 0.15) is 5.66 Å². The molecule has 0 aliphatic carbocycles. The van der Waals surface area contributed by atoms with Gasteiger partial charge in [-0.2, -0.15) is 0 Å². The molecule has 0 aromatic heterocycles. The van der Waals surface area contributed by atoms with E-state index in [-0.39, 0.29) is 17.7 Å². The van der Waals surface area contributed by atoms with Crippen molar-refractivity contribution in [2.45, 2.75) is 38.3 Å². The molecule has 2 N–H and O–H groups in total. The number of hydrogen-bond acceptors (Lipinski definition) is 3. The first-order valence-electron chi connectivity index (χ1n) is 9.62. The molecule has 2 aliphatic heterocycles. The highest BCUT2D eigenvalue weighted by Gasteiger charge is 2.41. The molecule has 6 heteroatoms. The Balaban J connectivity index is 1.44. The van der Waals surface area contributed by atoms with Gasteiger partial charge in [-0.3, -0.25) is 9.59 Å². The summed E-state index contributed by atoms with van der Waals surface area (Å²) in [6.45, 7) is 5.20. The second kappa shape index (κ2) is 7.13. The smallest absolute Gasteiger partial charge is 0.255 e. The number of halogens is 1. The number of benzene rings is 2. The maximum Gasteiger partial charge on any atom is 0.255 e. The predicted molar refractivity (Wildman–Crippen MR) is 111 cm³/mol. The van der Waals surface area contributed by atoms with Crippen LogP contribution in [0.25, 0.3) is 0 Å². The zero-order valence-electron chi connectivity index (χ0n) is 16.1. The number of nitrogens with zero attached hydrogens (tertiary/aromatic N) is 1. The van der Waals surface area contributed by atoms with Gasteiger partial charge in [-0.25, -0.2) is 0 Å². The number of piperidine rings is 1. The fourth-order valence-corrected chi connectivity index (χ4v) is 4.19. The van der Waals surface area contributed by atoms with Crippen molar-refractivity contribution in [2.24, 2.45) is 0 Å². The van der Waals surface area contributed by atoms with Crippen molar-refractivity contribution in [3.63, 3.8) is 0 Å². The molecule has 1 unspecified atom stereocenters. The van der Waals surface area contributed by atoms with Crippen LogP contribution >= 0.6 is 11.6 Å². The summed E-state index contributed by atoms with van der Waals surface area (Å²) in [5.74, 6) is -0.163. The molecule has 1 atom stereocenters. The Morgan fingerprint density at radius 3 is 2.46 bits per heavy atom. The largest absolute Gasteiger partial charge is 0.362 e. The molecule has 2 aromatic carbocycles. The van der Waals surface area contributed by atoms with Gasteiger partial charge in [0.15, 0.2) is 0 Å². The van der Waals surface area contributed by atoms with E-state index < -0.39 is 5.66 Å². The first kappa shape index (κ1) is 18.8. The van der Waals surface area contributed by atoms with Crippen LogP contribution in [0.3, 0.4) is 0 Å². The minimum atomic E-state index is -0.512. The van der Waals surface area contributed by atoms with Gasteiger partial charge in [-0.05, 0) is 37.6 Å². The fraction of sp³-hybridized carbons (Fsp3) is 0.364. The average Bonchev–Trinajstić information content (AvgIpc) is 2.69. The van der Waals surface area contributed by atoms with Crippen molar-refractivity contribution >= 4 is 29.1 Å². The van der Waals surface area contributed by atoms with Gasteiger partial charge in [-0.1, -0.05) is 41.4 Å². The van der Waals surface area contributed by atoms with Gasteiger partial charge in [0.25, 0.3) is 5.91 Å². The Kier molecular flexibility index (Phi) is 4.79. The molecule has 2 aromatic rings. The van der Waals surface area contributed by atoms with E-state index in [1.165, 1.54) is 5.56 Å². The number of carbonyl (C=O) groups is 2. The minimum absolute atomic E-state index is 0.121. The molecule has 2 heterocycles. The monoisotopic (exact) mass is 397 g/mol. The lowest BCUT2D eigenvalue weighted by atomic mass is 9.91. The molecular weight excluding hydrogens is 374 g/mol. The van der Waals surface area contributed by atoms with Crippen molar-refractivity contribution in [1.82, 2.24) is 10.2 Å². The van der Waals surface area contributed by atoms with Crippen molar-refractivity contribution in [3.05, 3.63) is 64.2 Å². The van der Waals surface area contributed by atoms with Gasteiger partial charge >= 0.3 is 0 Å². The van der Waals surface area contributed by atoms with E-state index in [4.69, 9.17) is 11.6 Å². The lowest BCUT2D eigenvalue weighted by molar-refractivity contribution is -0.134. The first-order chi connectivity index (χ1) is 13.4. The van der Waals surface area contributed by atoms with Crippen LogP contribution in [0.2, 0.25) is 5.02 Å². The molecule has 1 fully saturated rings. The highest BCUT2D eigenvalue weighted by Crippen LogP contribution is 2.33. The fourth-order valence-electron chi connectivity index (χ4n) is 4.02. The van der Waals surface area contributed by atoms with Gasteiger partial charge < -0.3 is 15.5 Å². The molecular formula is C22H24ClN3O2. The Labute approximate surface area is 170 Å². The maximum absolute atomic E-state index is 13.0. The summed E-state index contributed by atoms with van der Waals surface area (Å²) in [4.78, 5) is 27.4. The molecule has 0 radical (unpaired) electrons. The molecule has 0 bridgehead atoms. The number of carbonyl (C=O) groups excluding carboxylic acids is 2. The number of aryl methyl sites for hydroxylation is 1. The van der Waals surface area contributed by atoms with E-state index >= 15 is 0 Å². The number of fused-ring (bicyclic) bond motifs is 1. The second-order valence-corrected chi connectivity index (χ2v) is 8.25. The Morgan fingerprint density at radius 1 is 1.11 bits per heavy atom. The third-order valence-electron chi connectivity index (χ3n) is 5.83. The molecule has 0 saturated carbocycles. The summed E-state index contributed by atoms with van der Waals surface area (Å²) in [5.41, 5.74) is 3.06.